The Morgan fingerprint density at radius 2 is 1.86 bits per heavy atom. The van der Waals surface area contributed by atoms with Crippen LogP contribution in [0.25, 0.3) is 11.3 Å². The van der Waals surface area contributed by atoms with Crippen molar-refractivity contribution in [3.8, 4) is 11.3 Å². The van der Waals surface area contributed by atoms with Gasteiger partial charge in [0.25, 0.3) is 5.91 Å². The number of carbonyl (C=O) groups excluding carboxylic acids is 2. The number of para-hydroxylation sites is 1. The van der Waals surface area contributed by atoms with Gasteiger partial charge >= 0.3 is 0 Å². The summed E-state index contributed by atoms with van der Waals surface area (Å²) in [5.74, 6) is 0.416. The standard InChI is InChI=1S/C23H21N3O3/c1-25-19-11-6-5-10-17(19)23(22(25)28)12-7-13-26(15-23)21(27)18-14-20(29-24-18)16-8-3-2-4-9-16/h2-6,8-11,14H,7,12-13,15H2,1H3/t23-/m0/s1. The summed E-state index contributed by atoms with van der Waals surface area (Å²) in [6.07, 6.45) is 1.51. The Hall–Kier alpha value is -3.41. The molecule has 0 N–H and O–H groups in total. The van der Waals surface area contributed by atoms with Crippen molar-refractivity contribution in [2.75, 3.05) is 25.0 Å². The van der Waals surface area contributed by atoms with Gasteiger partial charge in [-0.15, -0.1) is 0 Å². The van der Waals surface area contributed by atoms with Crippen molar-refractivity contribution in [1.82, 2.24) is 10.1 Å². The number of piperidine rings is 1. The number of rotatable bonds is 2. The zero-order chi connectivity index (χ0) is 20.0. The minimum absolute atomic E-state index is 0.0568. The van der Waals surface area contributed by atoms with E-state index < -0.39 is 5.41 Å². The van der Waals surface area contributed by atoms with Crippen LogP contribution < -0.4 is 4.90 Å². The van der Waals surface area contributed by atoms with Gasteiger partial charge in [0.1, 0.15) is 0 Å². The number of hydrogen-bond donors (Lipinski definition) is 0. The number of likely N-dealkylation sites (tertiary alicyclic amines) is 1. The number of amides is 2. The second kappa shape index (κ2) is 6.58. The van der Waals surface area contributed by atoms with Crippen LogP contribution in [-0.4, -0.2) is 42.0 Å². The predicted octanol–water partition coefficient (Wildman–Crippen LogP) is 3.49. The van der Waals surface area contributed by atoms with Gasteiger partial charge in [-0.2, -0.15) is 0 Å². The summed E-state index contributed by atoms with van der Waals surface area (Å²) in [5, 5.41) is 4.00. The minimum atomic E-state index is -0.675. The Labute approximate surface area is 168 Å². The highest BCUT2D eigenvalue weighted by atomic mass is 16.5. The lowest BCUT2D eigenvalue weighted by Gasteiger charge is -2.39. The number of carbonyl (C=O) groups is 2. The number of hydrogen-bond acceptors (Lipinski definition) is 4. The number of anilines is 1. The summed E-state index contributed by atoms with van der Waals surface area (Å²) in [6, 6.07) is 19.1. The third kappa shape index (κ3) is 2.67. The lowest BCUT2D eigenvalue weighted by molar-refractivity contribution is -0.124. The highest BCUT2D eigenvalue weighted by molar-refractivity contribution is 6.08. The maximum atomic E-state index is 13.2. The van der Waals surface area contributed by atoms with Gasteiger partial charge in [0.2, 0.25) is 5.91 Å². The molecule has 146 valence electrons. The van der Waals surface area contributed by atoms with Crippen LogP contribution >= 0.6 is 0 Å². The molecule has 1 spiro atoms. The average Bonchev–Trinajstić information content (AvgIpc) is 3.34. The summed E-state index contributed by atoms with van der Waals surface area (Å²) in [6.45, 7) is 0.965. The molecule has 6 nitrogen and oxygen atoms in total. The molecule has 3 aromatic rings. The lowest BCUT2D eigenvalue weighted by Crippen LogP contribution is -2.53. The first-order chi connectivity index (χ1) is 14.1. The Morgan fingerprint density at radius 1 is 1.10 bits per heavy atom. The SMILES string of the molecule is CN1C(=O)[C@]2(CCCN(C(=O)c3cc(-c4ccccc4)on3)C2)c2ccccc21. The van der Waals surface area contributed by atoms with Gasteiger partial charge in [-0.1, -0.05) is 53.7 Å². The topological polar surface area (TPSA) is 66.7 Å². The van der Waals surface area contributed by atoms with Crippen LogP contribution in [0.5, 0.6) is 0 Å². The van der Waals surface area contributed by atoms with E-state index in [1.165, 1.54) is 0 Å². The molecule has 0 saturated carbocycles. The van der Waals surface area contributed by atoms with Crippen LogP contribution in [0, 0.1) is 0 Å². The van der Waals surface area contributed by atoms with Gasteiger partial charge < -0.3 is 14.3 Å². The number of nitrogens with zero attached hydrogens (tertiary/aromatic N) is 3. The maximum absolute atomic E-state index is 13.2. The van der Waals surface area contributed by atoms with Gasteiger partial charge in [0.05, 0.1) is 5.41 Å². The van der Waals surface area contributed by atoms with Gasteiger partial charge in [-0.3, -0.25) is 9.59 Å². The van der Waals surface area contributed by atoms with E-state index in [2.05, 4.69) is 5.16 Å². The number of benzene rings is 2. The van der Waals surface area contributed by atoms with Crippen LogP contribution in [0.3, 0.4) is 0 Å². The Balaban J connectivity index is 1.44. The number of fused-ring (bicyclic) bond motifs is 2. The Morgan fingerprint density at radius 3 is 2.69 bits per heavy atom. The lowest BCUT2D eigenvalue weighted by atomic mass is 9.75. The highest BCUT2D eigenvalue weighted by Gasteiger charge is 2.52. The first-order valence-electron chi connectivity index (χ1n) is 9.79. The van der Waals surface area contributed by atoms with E-state index in [1.54, 1.807) is 22.9 Å². The first-order valence-corrected chi connectivity index (χ1v) is 9.79. The zero-order valence-electron chi connectivity index (χ0n) is 16.2. The first kappa shape index (κ1) is 17.7. The molecular weight excluding hydrogens is 366 g/mol. The van der Waals surface area contributed by atoms with Gasteiger partial charge in [0.15, 0.2) is 11.5 Å². The molecule has 0 radical (unpaired) electrons. The fraction of sp³-hybridized carbons (Fsp3) is 0.261. The molecule has 0 bridgehead atoms. The third-order valence-electron chi connectivity index (χ3n) is 6.06. The Kier molecular flexibility index (Phi) is 4.01. The molecule has 1 aromatic heterocycles. The van der Waals surface area contributed by atoms with Gasteiger partial charge in [0, 0.05) is 37.5 Å². The van der Waals surface area contributed by atoms with E-state index in [1.807, 2.05) is 54.6 Å². The summed E-state index contributed by atoms with van der Waals surface area (Å²) in [4.78, 5) is 29.8. The largest absolute Gasteiger partial charge is 0.355 e. The molecule has 1 saturated heterocycles. The number of aromatic nitrogens is 1. The normalized spacial score (nSPS) is 20.9. The molecule has 6 heteroatoms. The molecule has 29 heavy (non-hydrogen) atoms. The van der Waals surface area contributed by atoms with Gasteiger partial charge in [-0.25, -0.2) is 0 Å². The quantitative estimate of drug-likeness (QED) is 0.675. The summed E-state index contributed by atoms with van der Waals surface area (Å²) < 4.78 is 5.40. The van der Waals surface area contributed by atoms with Crippen molar-refractivity contribution >= 4 is 17.5 Å². The second-order valence-electron chi connectivity index (χ2n) is 7.74. The molecule has 2 aliphatic heterocycles. The molecular formula is C23H21N3O3. The van der Waals surface area contributed by atoms with E-state index in [9.17, 15) is 9.59 Å². The van der Waals surface area contributed by atoms with Crippen molar-refractivity contribution in [3.05, 3.63) is 71.9 Å². The third-order valence-corrected chi connectivity index (χ3v) is 6.06. The summed E-state index contributed by atoms with van der Waals surface area (Å²) in [7, 11) is 1.81. The van der Waals surface area contributed by atoms with E-state index in [-0.39, 0.29) is 17.5 Å². The Bertz CT molecular complexity index is 1090. The van der Waals surface area contributed by atoms with Crippen molar-refractivity contribution in [2.24, 2.45) is 0 Å². The van der Waals surface area contributed by atoms with E-state index >= 15 is 0 Å². The molecule has 3 heterocycles. The molecule has 2 aromatic carbocycles. The van der Waals surface area contributed by atoms with Gasteiger partial charge in [-0.05, 0) is 24.5 Å². The van der Waals surface area contributed by atoms with Crippen molar-refractivity contribution in [3.63, 3.8) is 0 Å². The molecule has 1 fully saturated rings. The molecule has 2 aliphatic rings. The minimum Gasteiger partial charge on any atom is -0.355 e. The maximum Gasteiger partial charge on any atom is 0.276 e. The van der Waals surface area contributed by atoms with Crippen LogP contribution in [-0.2, 0) is 10.2 Å². The monoisotopic (exact) mass is 387 g/mol. The highest BCUT2D eigenvalue weighted by Crippen LogP contribution is 2.46. The van der Waals surface area contributed by atoms with Crippen LogP contribution in [0.2, 0.25) is 0 Å². The molecule has 0 unspecified atom stereocenters. The van der Waals surface area contributed by atoms with Crippen molar-refractivity contribution < 1.29 is 14.1 Å². The smallest absolute Gasteiger partial charge is 0.276 e. The molecule has 5 rings (SSSR count). The van der Waals surface area contributed by atoms with Crippen LogP contribution in [0.4, 0.5) is 5.69 Å². The van der Waals surface area contributed by atoms with Crippen LogP contribution in [0.15, 0.2) is 65.2 Å². The number of likely N-dealkylation sites (N-methyl/N-ethyl adjacent to an activating group) is 1. The van der Waals surface area contributed by atoms with Crippen LogP contribution in [0.1, 0.15) is 28.9 Å². The zero-order valence-corrected chi connectivity index (χ0v) is 16.2. The predicted molar refractivity (Wildman–Crippen MR) is 109 cm³/mol. The van der Waals surface area contributed by atoms with E-state index in [4.69, 9.17) is 4.52 Å². The second-order valence-corrected chi connectivity index (χ2v) is 7.74. The van der Waals surface area contributed by atoms with E-state index in [0.717, 1.165) is 29.7 Å². The average molecular weight is 387 g/mol. The van der Waals surface area contributed by atoms with Crippen molar-refractivity contribution in [2.45, 2.75) is 18.3 Å². The fourth-order valence-corrected chi connectivity index (χ4v) is 4.62. The fourth-order valence-electron chi connectivity index (χ4n) is 4.62. The summed E-state index contributed by atoms with van der Waals surface area (Å²) in [5.41, 5.74) is 2.41. The molecule has 0 aliphatic carbocycles. The summed E-state index contributed by atoms with van der Waals surface area (Å²) >= 11 is 0. The molecule has 1 atom stereocenters. The molecule has 2 amide bonds. The van der Waals surface area contributed by atoms with E-state index in [0.29, 0.717) is 18.8 Å². The van der Waals surface area contributed by atoms with Crippen molar-refractivity contribution in [1.29, 1.82) is 0 Å².